The first-order chi connectivity index (χ1) is 10.1. The Labute approximate surface area is 122 Å². The van der Waals surface area contributed by atoms with Crippen molar-refractivity contribution in [3.8, 4) is 6.07 Å². The fraction of sp³-hybridized carbons (Fsp3) is 0.500. The van der Waals surface area contributed by atoms with Gasteiger partial charge in [-0.25, -0.2) is 0 Å². The molecule has 2 aliphatic rings. The summed E-state index contributed by atoms with van der Waals surface area (Å²) < 4.78 is 5.79. The fourth-order valence-electron chi connectivity index (χ4n) is 3.04. The Morgan fingerprint density at radius 2 is 2.29 bits per heavy atom. The molecule has 1 aromatic rings. The maximum Gasteiger partial charge on any atom is 0.287 e. The van der Waals surface area contributed by atoms with Crippen molar-refractivity contribution in [3.05, 3.63) is 33.9 Å². The third-order valence-corrected chi connectivity index (χ3v) is 4.24. The van der Waals surface area contributed by atoms with Gasteiger partial charge < -0.3 is 9.64 Å². The van der Waals surface area contributed by atoms with Crippen LogP contribution in [0.5, 0.6) is 0 Å². The summed E-state index contributed by atoms with van der Waals surface area (Å²) in [5, 5.41) is 20.0. The SMILES string of the molecule is CN1CCO[C@H]2CN(c3ccc([N+](=O)[O-])c(C#N)c3)C[C@@H]21. The van der Waals surface area contributed by atoms with E-state index in [0.29, 0.717) is 6.04 Å². The van der Waals surface area contributed by atoms with Gasteiger partial charge >= 0.3 is 0 Å². The second-order valence-corrected chi connectivity index (χ2v) is 5.43. The molecule has 0 bridgehead atoms. The number of nitriles is 1. The van der Waals surface area contributed by atoms with Gasteiger partial charge in [0.1, 0.15) is 11.6 Å². The number of nitrogens with zero attached hydrogens (tertiary/aromatic N) is 4. The Kier molecular flexibility index (Phi) is 3.49. The Morgan fingerprint density at radius 1 is 1.48 bits per heavy atom. The molecular formula is C14H16N4O3. The van der Waals surface area contributed by atoms with E-state index in [9.17, 15) is 10.1 Å². The highest BCUT2D eigenvalue weighted by molar-refractivity contribution is 5.60. The molecule has 0 spiro atoms. The number of fused-ring (bicyclic) bond motifs is 1. The Balaban J connectivity index is 1.85. The number of likely N-dealkylation sites (N-methyl/N-ethyl adjacent to an activating group) is 1. The average Bonchev–Trinajstić information content (AvgIpc) is 2.92. The molecular weight excluding hydrogens is 272 g/mol. The van der Waals surface area contributed by atoms with E-state index in [2.05, 4.69) is 16.8 Å². The predicted octanol–water partition coefficient (Wildman–Crippen LogP) is 0.986. The highest BCUT2D eigenvalue weighted by Crippen LogP contribution is 2.29. The molecule has 0 amide bonds. The van der Waals surface area contributed by atoms with E-state index < -0.39 is 4.92 Å². The second kappa shape index (κ2) is 5.31. The lowest BCUT2D eigenvalue weighted by atomic mass is 10.1. The minimum absolute atomic E-state index is 0.0987. The first-order valence-electron chi connectivity index (χ1n) is 6.85. The summed E-state index contributed by atoms with van der Waals surface area (Å²) >= 11 is 0. The predicted molar refractivity (Wildman–Crippen MR) is 76.2 cm³/mol. The van der Waals surface area contributed by atoms with Crippen molar-refractivity contribution in [1.29, 1.82) is 5.26 Å². The quantitative estimate of drug-likeness (QED) is 0.596. The lowest BCUT2D eigenvalue weighted by Gasteiger charge is -2.33. The number of benzene rings is 1. The van der Waals surface area contributed by atoms with Crippen molar-refractivity contribution in [1.82, 2.24) is 4.90 Å². The molecule has 2 atom stereocenters. The van der Waals surface area contributed by atoms with E-state index >= 15 is 0 Å². The number of anilines is 1. The van der Waals surface area contributed by atoms with Gasteiger partial charge in [0, 0.05) is 31.4 Å². The van der Waals surface area contributed by atoms with Crippen LogP contribution < -0.4 is 4.90 Å². The number of morpholine rings is 1. The van der Waals surface area contributed by atoms with Crippen LogP contribution in [0.15, 0.2) is 18.2 Å². The zero-order valence-corrected chi connectivity index (χ0v) is 11.7. The summed E-state index contributed by atoms with van der Waals surface area (Å²) in [7, 11) is 2.08. The molecule has 2 aliphatic heterocycles. The molecule has 0 radical (unpaired) electrons. The van der Waals surface area contributed by atoms with Crippen LogP contribution >= 0.6 is 0 Å². The number of hydrogen-bond acceptors (Lipinski definition) is 6. The Bertz CT molecular complexity index is 613. The lowest BCUT2D eigenvalue weighted by molar-refractivity contribution is -0.385. The first kappa shape index (κ1) is 13.8. The van der Waals surface area contributed by atoms with E-state index in [1.807, 2.05) is 6.07 Å². The standard InChI is InChI=1S/C14H16N4O3/c1-16-4-5-21-14-9-17(8-13(14)16)11-2-3-12(18(19)20)10(6-11)7-15/h2-3,6,13-14H,4-5,8-9H2,1H3/t13-,14-/m0/s1. The smallest absolute Gasteiger partial charge is 0.287 e. The van der Waals surface area contributed by atoms with E-state index in [0.717, 1.165) is 31.9 Å². The van der Waals surface area contributed by atoms with E-state index in [1.54, 1.807) is 12.1 Å². The fourth-order valence-corrected chi connectivity index (χ4v) is 3.04. The maximum atomic E-state index is 10.9. The first-order valence-corrected chi connectivity index (χ1v) is 6.85. The summed E-state index contributed by atoms with van der Waals surface area (Å²) in [6.45, 7) is 3.20. The van der Waals surface area contributed by atoms with Gasteiger partial charge in [-0.05, 0) is 19.2 Å². The Hall–Kier alpha value is -2.17. The summed E-state index contributed by atoms with van der Waals surface area (Å²) in [4.78, 5) is 14.8. The lowest BCUT2D eigenvalue weighted by Crippen LogP contribution is -2.48. The molecule has 2 heterocycles. The highest BCUT2D eigenvalue weighted by atomic mass is 16.6. The van der Waals surface area contributed by atoms with E-state index in [4.69, 9.17) is 10.00 Å². The zero-order chi connectivity index (χ0) is 15.0. The van der Waals surface area contributed by atoms with Crippen molar-refractivity contribution in [2.24, 2.45) is 0 Å². The number of ether oxygens (including phenoxy) is 1. The molecule has 0 aliphatic carbocycles. The van der Waals surface area contributed by atoms with Gasteiger partial charge in [-0.2, -0.15) is 5.26 Å². The maximum absolute atomic E-state index is 10.9. The van der Waals surface area contributed by atoms with Gasteiger partial charge in [0.2, 0.25) is 0 Å². The molecule has 0 N–H and O–H groups in total. The zero-order valence-electron chi connectivity index (χ0n) is 11.7. The van der Waals surface area contributed by atoms with Crippen molar-refractivity contribution < 1.29 is 9.66 Å². The normalized spacial score (nSPS) is 25.4. The van der Waals surface area contributed by atoms with Crippen LogP contribution in [-0.4, -0.2) is 55.3 Å². The molecule has 110 valence electrons. The molecule has 0 saturated carbocycles. The van der Waals surface area contributed by atoms with Gasteiger partial charge in [0.25, 0.3) is 5.69 Å². The van der Waals surface area contributed by atoms with Crippen LogP contribution in [-0.2, 0) is 4.74 Å². The van der Waals surface area contributed by atoms with Gasteiger partial charge in [-0.1, -0.05) is 0 Å². The molecule has 1 aromatic carbocycles. The molecule has 7 heteroatoms. The molecule has 0 aromatic heterocycles. The van der Waals surface area contributed by atoms with Crippen molar-refractivity contribution in [2.75, 3.05) is 38.2 Å². The molecule has 2 saturated heterocycles. The van der Waals surface area contributed by atoms with Crippen LogP contribution in [0.4, 0.5) is 11.4 Å². The van der Waals surface area contributed by atoms with Gasteiger partial charge in [-0.15, -0.1) is 0 Å². The topological polar surface area (TPSA) is 82.6 Å². The third kappa shape index (κ3) is 2.44. The molecule has 21 heavy (non-hydrogen) atoms. The highest BCUT2D eigenvalue weighted by Gasteiger charge is 2.38. The minimum atomic E-state index is -0.525. The van der Waals surface area contributed by atoms with Crippen LogP contribution in [0, 0.1) is 21.4 Å². The summed E-state index contributed by atoms with van der Waals surface area (Å²) in [5.41, 5.74) is 0.788. The second-order valence-electron chi connectivity index (χ2n) is 5.43. The van der Waals surface area contributed by atoms with Crippen LogP contribution in [0.2, 0.25) is 0 Å². The van der Waals surface area contributed by atoms with Crippen LogP contribution in [0.3, 0.4) is 0 Å². The van der Waals surface area contributed by atoms with Gasteiger partial charge in [-0.3, -0.25) is 15.0 Å². The number of rotatable bonds is 2. The van der Waals surface area contributed by atoms with Crippen LogP contribution in [0.1, 0.15) is 5.56 Å². The average molecular weight is 288 g/mol. The van der Waals surface area contributed by atoms with E-state index in [1.165, 1.54) is 6.07 Å². The number of nitro benzene ring substituents is 1. The molecule has 7 nitrogen and oxygen atoms in total. The summed E-state index contributed by atoms with van der Waals surface area (Å²) in [6, 6.07) is 6.94. The molecule has 0 unspecified atom stereocenters. The van der Waals surface area contributed by atoms with Gasteiger partial charge in [0.05, 0.1) is 23.7 Å². The number of nitro groups is 1. The van der Waals surface area contributed by atoms with E-state index in [-0.39, 0.29) is 17.4 Å². The monoisotopic (exact) mass is 288 g/mol. The minimum Gasteiger partial charge on any atom is -0.373 e. The number of hydrogen-bond donors (Lipinski definition) is 0. The Morgan fingerprint density at radius 3 is 2.95 bits per heavy atom. The van der Waals surface area contributed by atoms with Crippen molar-refractivity contribution in [2.45, 2.75) is 12.1 Å². The van der Waals surface area contributed by atoms with Crippen molar-refractivity contribution >= 4 is 11.4 Å². The molecule has 3 rings (SSSR count). The van der Waals surface area contributed by atoms with Crippen LogP contribution in [0.25, 0.3) is 0 Å². The third-order valence-electron chi connectivity index (χ3n) is 4.24. The summed E-state index contributed by atoms with van der Waals surface area (Å²) in [6.07, 6.45) is 0.157. The largest absolute Gasteiger partial charge is 0.373 e. The van der Waals surface area contributed by atoms with Gasteiger partial charge in [0.15, 0.2) is 0 Å². The summed E-state index contributed by atoms with van der Waals surface area (Å²) in [5.74, 6) is 0. The van der Waals surface area contributed by atoms with Crippen molar-refractivity contribution in [3.63, 3.8) is 0 Å². The molecule has 2 fully saturated rings.